The molecule has 0 radical (unpaired) electrons. The van der Waals surface area contributed by atoms with Crippen molar-refractivity contribution in [2.45, 2.75) is 47.0 Å². The minimum atomic E-state index is -0.0450. The first-order valence-electron chi connectivity index (χ1n) is 8.36. The van der Waals surface area contributed by atoms with Gasteiger partial charge in [-0.05, 0) is 44.9 Å². The zero-order valence-electron chi connectivity index (χ0n) is 14.5. The molecule has 1 N–H and O–H groups in total. The number of nitrogens with zero attached hydrogens (tertiary/aromatic N) is 3. The van der Waals surface area contributed by atoms with Crippen LogP contribution in [-0.4, -0.2) is 34.0 Å². The predicted molar refractivity (Wildman–Crippen MR) is 94.8 cm³/mol. The molecule has 0 aliphatic carbocycles. The molecule has 0 aliphatic rings. The average molecular weight is 314 g/mol. The van der Waals surface area contributed by atoms with E-state index < -0.39 is 0 Å². The number of hydrogen-bond acceptors (Lipinski definition) is 3. The van der Waals surface area contributed by atoms with E-state index in [-0.39, 0.29) is 6.03 Å². The van der Waals surface area contributed by atoms with Gasteiger partial charge in [-0.2, -0.15) is 0 Å². The van der Waals surface area contributed by atoms with Crippen LogP contribution in [0.5, 0.6) is 0 Å². The highest BCUT2D eigenvalue weighted by Gasteiger charge is 2.12. The van der Waals surface area contributed by atoms with Crippen LogP contribution in [0.1, 0.15) is 44.5 Å². The molecule has 1 heterocycles. The first-order chi connectivity index (χ1) is 11.0. The van der Waals surface area contributed by atoms with Gasteiger partial charge in [-0.3, -0.25) is 0 Å². The third-order valence-corrected chi connectivity index (χ3v) is 3.89. The van der Waals surface area contributed by atoms with E-state index in [0.717, 1.165) is 60.5 Å². The Morgan fingerprint density at radius 2 is 1.74 bits per heavy atom. The Kier molecular flexibility index (Phi) is 5.90. The van der Waals surface area contributed by atoms with Gasteiger partial charge in [0.15, 0.2) is 0 Å². The number of amides is 2. The second-order valence-corrected chi connectivity index (χ2v) is 5.87. The van der Waals surface area contributed by atoms with E-state index in [1.165, 1.54) is 0 Å². The SMILES string of the molecule is CCCCN(CCC)C(=O)Nc1ccc2nc(C)c(C)nc2c1. The monoisotopic (exact) mass is 314 g/mol. The molecule has 5 nitrogen and oxygen atoms in total. The molecular formula is C18H26N4O. The molecule has 0 aliphatic heterocycles. The number of rotatable bonds is 6. The van der Waals surface area contributed by atoms with E-state index >= 15 is 0 Å². The van der Waals surface area contributed by atoms with Crippen molar-refractivity contribution in [3.8, 4) is 0 Å². The lowest BCUT2D eigenvalue weighted by Crippen LogP contribution is -2.36. The van der Waals surface area contributed by atoms with E-state index in [1.54, 1.807) is 0 Å². The molecule has 5 heteroatoms. The van der Waals surface area contributed by atoms with E-state index in [1.807, 2.05) is 36.9 Å². The highest BCUT2D eigenvalue weighted by atomic mass is 16.2. The summed E-state index contributed by atoms with van der Waals surface area (Å²) in [6.07, 6.45) is 3.06. The Morgan fingerprint density at radius 3 is 2.39 bits per heavy atom. The molecule has 124 valence electrons. The molecule has 0 unspecified atom stereocenters. The number of carbonyl (C=O) groups is 1. The summed E-state index contributed by atoms with van der Waals surface area (Å²) in [7, 11) is 0. The van der Waals surface area contributed by atoms with Crippen LogP contribution in [0.15, 0.2) is 18.2 Å². The normalized spacial score (nSPS) is 10.8. The first kappa shape index (κ1) is 17.2. The van der Waals surface area contributed by atoms with Crippen LogP contribution in [-0.2, 0) is 0 Å². The van der Waals surface area contributed by atoms with Crippen molar-refractivity contribution in [3.05, 3.63) is 29.6 Å². The fourth-order valence-corrected chi connectivity index (χ4v) is 2.44. The number of aryl methyl sites for hydroxylation is 2. The Labute approximate surface area is 138 Å². The van der Waals surface area contributed by atoms with Crippen LogP contribution >= 0.6 is 0 Å². The summed E-state index contributed by atoms with van der Waals surface area (Å²) in [4.78, 5) is 23.4. The Morgan fingerprint density at radius 1 is 1.04 bits per heavy atom. The van der Waals surface area contributed by atoms with Gasteiger partial charge in [-0.25, -0.2) is 14.8 Å². The molecule has 2 amide bonds. The zero-order valence-corrected chi connectivity index (χ0v) is 14.5. The van der Waals surface area contributed by atoms with Crippen LogP contribution in [0.2, 0.25) is 0 Å². The van der Waals surface area contributed by atoms with Crippen LogP contribution in [0.25, 0.3) is 11.0 Å². The number of aromatic nitrogens is 2. The standard InChI is InChI=1S/C18H26N4O/c1-5-7-11-22(10-6-2)18(23)21-15-8-9-16-17(12-15)20-14(4)13(3)19-16/h8-9,12H,5-7,10-11H2,1-4H3,(H,21,23). The van der Waals surface area contributed by atoms with Gasteiger partial charge in [0, 0.05) is 18.8 Å². The summed E-state index contributed by atoms with van der Waals surface area (Å²) in [5, 5.41) is 2.98. The van der Waals surface area contributed by atoms with Crippen LogP contribution < -0.4 is 5.32 Å². The van der Waals surface area contributed by atoms with Gasteiger partial charge in [-0.1, -0.05) is 20.3 Å². The molecule has 0 saturated carbocycles. The third-order valence-electron chi connectivity index (χ3n) is 3.89. The smallest absolute Gasteiger partial charge is 0.321 e. The van der Waals surface area contributed by atoms with Crippen molar-refractivity contribution in [1.29, 1.82) is 0 Å². The van der Waals surface area contributed by atoms with Crippen molar-refractivity contribution >= 4 is 22.8 Å². The lowest BCUT2D eigenvalue weighted by Gasteiger charge is -2.22. The molecule has 0 bridgehead atoms. The van der Waals surface area contributed by atoms with Crippen molar-refractivity contribution in [3.63, 3.8) is 0 Å². The molecule has 0 fully saturated rings. The number of urea groups is 1. The first-order valence-corrected chi connectivity index (χ1v) is 8.36. The zero-order chi connectivity index (χ0) is 16.8. The summed E-state index contributed by atoms with van der Waals surface area (Å²) in [6, 6.07) is 5.63. The summed E-state index contributed by atoms with van der Waals surface area (Å²) in [5.74, 6) is 0. The minimum absolute atomic E-state index is 0.0450. The lowest BCUT2D eigenvalue weighted by atomic mass is 10.2. The number of anilines is 1. The molecule has 0 spiro atoms. The second-order valence-electron chi connectivity index (χ2n) is 5.87. The van der Waals surface area contributed by atoms with E-state index in [4.69, 9.17) is 0 Å². The molecule has 23 heavy (non-hydrogen) atoms. The summed E-state index contributed by atoms with van der Waals surface area (Å²) < 4.78 is 0. The lowest BCUT2D eigenvalue weighted by molar-refractivity contribution is 0.211. The van der Waals surface area contributed by atoms with Crippen molar-refractivity contribution in [1.82, 2.24) is 14.9 Å². The summed E-state index contributed by atoms with van der Waals surface area (Å²) in [5.41, 5.74) is 4.26. The second kappa shape index (κ2) is 7.90. The maximum Gasteiger partial charge on any atom is 0.321 e. The van der Waals surface area contributed by atoms with E-state index in [0.29, 0.717) is 0 Å². The van der Waals surface area contributed by atoms with Crippen molar-refractivity contribution < 1.29 is 4.79 Å². The maximum atomic E-state index is 12.4. The molecule has 1 aromatic carbocycles. The average Bonchev–Trinajstić information content (AvgIpc) is 2.52. The maximum absolute atomic E-state index is 12.4. The fraction of sp³-hybridized carbons (Fsp3) is 0.500. The molecular weight excluding hydrogens is 288 g/mol. The van der Waals surface area contributed by atoms with Crippen LogP contribution in [0.4, 0.5) is 10.5 Å². The number of carbonyl (C=O) groups excluding carboxylic acids is 1. The van der Waals surface area contributed by atoms with Gasteiger partial charge in [0.2, 0.25) is 0 Å². The summed E-state index contributed by atoms with van der Waals surface area (Å²) >= 11 is 0. The molecule has 0 atom stereocenters. The van der Waals surface area contributed by atoms with Crippen LogP contribution in [0.3, 0.4) is 0 Å². The highest BCUT2D eigenvalue weighted by Crippen LogP contribution is 2.18. The van der Waals surface area contributed by atoms with E-state index in [9.17, 15) is 4.79 Å². The van der Waals surface area contributed by atoms with Crippen molar-refractivity contribution in [2.24, 2.45) is 0 Å². The predicted octanol–water partition coefficient (Wildman–Crippen LogP) is 4.29. The largest absolute Gasteiger partial charge is 0.325 e. The Hall–Kier alpha value is -2.17. The van der Waals surface area contributed by atoms with Crippen LogP contribution in [0, 0.1) is 13.8 Å². The van der Waals surface area contributed by atoms with Gasteiger partial charge in [0.1, 0.15) is 0 Å². The number of hydrogen-bond donors (Lipinski definition) is 1. The molecule has 2 aromatic rings. The summed E-state index contributed by atoms with van der Waals surface area (Å²) in [6.45, 7) is 9.69. The van der Waals surface area contributed by atoms with Gasteiger partial charge in [0.25, 0.3) is 0 Å². The third kappa shape index (κ3) is 4.41. The molecule has 2 rings (SSSR count). The number of unbranched alkanes of at least 4 members (excludes halogenated alkanes) is 1. The molecule has 1 aromatic heterocycles. The minimum Gasteiger partial charge on any atom is -0.325 e. The highest BCUT2D eigenvalue weighted by molar-refractivity contribution is 5.91. The number of nitrogens with one attached hydrogen (secondary N) is 1. The van der Waals surface area contributed by atoms with Crippen molar-refractivity contribution in [2.75, 3.05) is 18.4 Å². The Balaban J connectivity index is 2.16. The number of fused-ring (bicyclic) bond motifs is 1. The topological polar surface area (TPSA) is 58.1 Å². The molecule has 0 saturated heterocycles. The quantitative estimate of drug-likeness (QED) is 0.865. The van der Waals surface area contributed by atoms with Gasteiger partial charge in [0.05, 0.1) is 22.4 Å². The van der Waals surface area contributed by atoms with Gasteiger partial charge in [-0.15, -0.1) is 0 Å². The van der Waals surface area contributed by atoms with E-state index in [2.05, 4.69) is 29.1 Å². The van der Waals surface area contributed by atoms with Gasteiger partial charge >= 0.3 is 6.03 Å². The van der Waals surface area contributed by atoms with Gasteiger partial charge < -0.3 is 10.2 Å². The fourth-order valence-electron chi connectivity index (χ4n) is 2.44. The Bertz CT molecular complexity index is 684. The number of benzene rings is 1.